The van der Waals surface area contributed by atoms with E-state index in [1.807, 2.05) is 6.92 Å². The van der Waals surface area contributed by atoms with Crippen LogP contribution in [0.3, 0.4) is 0 Å². The van der Waals surface area contributed by atoms with Crippen LogP contribution >= 0.6 is 0 Å². The van der Waals surface area contributed by atoms with Crippen LogP contribution in [0, 0.1) is 11.3 Å². The molecule has 2 amide bonds. The largest absolute Gasteiger partial charge is 0.378 e. The number of carbonyl (C=O) groups is 2. The average Bonchev–Trinajstić information content (AvgIpc) is 2.32. The molecule has 0 aliphatic heterocycles. The average molecular weight is 308 g/mol. The predicted octanol–water partition coefficient (Wildman–Crippen LogP) is 1.76. The van der Waals surface area contributed by atoms with Crippen molar-refractivity contribution in [1.29, 1.82) is 0 Å². The first-order valence-corrected chi connectivity index (χ1v) is 8.79. The zero-order valence-electron chi connectivity index (χ0n) is 13.7. The van der Waals surface area contributed by atoms with Gasteiger partial charge in [0.25, 0.3) is 0 Å². The summed E-state index contributed by atoms with van der Waals surface area (Å²) in [5.74, 6) is 0.103. The number of carbonyl (C=O) groups excluding carboxylic acids is 2. The standard InChI is InChI=1S/C17H28N2O3/c1-3-22-14-10-13(17(14)8-5-9-17)19-15(20)11(2)18-16(21)12-6-4-7-12/h11-14H,3-10H2,1-2H3,(H,18,21)(H,19,20). The van der Waals surface area contributed by atoms with Crippen LogP contribution in [0.25, 0.3) is 0 Å². The van der Waals surface area contributed by atoms with Crippen molar-refractivity contribution in [2.75, 3.05) is 6.61 Å². The van der Waals surface area contributed by atoms with Gasteiger partial charge in [0.05, 0.1) is 6.10 Å². The van der Waals surface area contributed by atoms with Crippen LogP contribution in [0.1, 0.15) is 58.8 Å². The molecule has 0 heterocycles. The van der Waals surface area contributed by atoms with Crippen LogP contribution in [-0.2, 0) is 14.3 Å². The van der Waals surface area contributed by atoms with Gasteiger partial charge in [-0.1, -0.05) is 12.8 Å². The summed E-state index contributed by atoms with van der Waals surface area (Å²) < 4.78 is 5.80. The number of hydrogen-bond donors (Lipinski definition) is 2. The van der Waals surface area contributed by atoms with Gasteiger partial charge in [-0.3, -0.25) is 9.59 Å². The van der Waals surface area contributed by atoms with Crippen LogP contribution in [-0.4, -0.2) is 36.6 Å². The Bertz CT molecular complexity index is 443. The molecule has 1 spiro atoms. The van der Waals surface area contributed by atoms with Crippen molar-refractivity contribution in [3.63, 3.8) is 0 Å². The van der Waals surface area contributed by atoms with Crippen molar-refractivity contribution in [2.45, 2.75) is 77.0 Å². The van der Waals surface area contributed by atoms with Crippen molar-refractivity contribution < 1.29 is 14.3 Å². The highest BCUT2D eigenvalue weighted by molar-refractivity contribution is 5.88. The second kappa shape index (κ2) is 6.19. The lowest BCUT2D eigenvalue weighted by Crippen LogP contribution is -2.68. The smallest absolute Gasteiger partial charge is 0.242 e. The molecule has 3 atom stereocenters. The topological polar surface area (TPSA) is 67.4 Å². The molecule has 5 heteroatoms. The van der Waals surface area contributed by atoms with E-state index in [9.17, 15) is 9.59 Å². The quantitative estimate of drug-likeness (QED) is 0.785. The summed E-state index contributed by atoms with van der Waals surface area (Å²) in [4.78, 5) is 24.3. The van der Waals surface area contributed by atoms with Crippen LogP contribution < -0.4 is 10.6 Å². The molecule has 22 heavy (non-hydrogen) atoms. The Morgan fingerprint density at radius 2 is 2.00 bits per heavy atom. The highest BCUT2D eigenvalue weighted by Gasteiger charge is 2.59. The Morgan fingerprint density at radius 1 is 1.27 bits per heavy atom. The van der Waals surface area contributed by atoms with Crippen LogP contribution in [0.4, 0.5) is 0 Å². The van der Waals surface area contributed by atoms with Crippen molar-refractivity contribution in [2.24, 2.45) is 11.3 Å². The van der Waals surface area contributed by atoms with Crippen molar-refractivity contribution >= 4 is 11.8 Å². The monoisotopic (exact) mass is 308 g/mol. The molecule has 3 aliphatic rings. The lowest BCUT2D eigenvalue weighted by Gasteiger charge is -2.61. The van der Waals surface area contributed by atoms with Crippen molar-refractivity contribution in [3.8, 4) is 0 Å². The first kappa shape index (κ1) is 15.8. The summed E-state index contributed by atoms with van der Waals surface area (Å²) in [6.07, 6.45) is 7.77. The van der Waals surface area contributed by atoms with Gasteiger partial charge in [-0.15, -0.1) is 0 Å². The van der Waals surface area contributed by atoms with E-state index in [2.05, 4.69) is 10.6 Å². The Balaban J connectivity index is 1.48. The maximum absolute atomic E-state index is 12.3. The Labute approximate surface area is 132 Å². The normalized spacial score (nSPS) is 30.6. The minimum atomic E-state index is -0.448. The van der Waals surface area contributed by atoms with E-state index in [0.29, 0.717) is 6.10 Å². The van der Waals surface area contributed by atoms with Crippen LogP contribution in [0.15, 0.2) is 0 Å². The zero-order valence-corrected chi connectivity index (χ0v) is 13.7. The summed E-state index contributed by atoms with van der Waals surface area (Å²) in [5.41, 5.74) is 0.170. The fourth-order valence-electron chi connectivity index (χ4n) is 4.00. The number of ether oxygens (including phenoxy) is 1. The van der Waals surface area contributed by atoms with Gasteiger partial charge >= 0.3 is 0 Å². The van der Waals surface area contributed by atoms with Gasteiger partial charge in [0, 0.05) is 24.0 Å². The summed E-state index contributed by atoms with van der Waals surface area (Å²) in [6.45, 7) is 4.54. The molecular formula is C17H28N2O3. The molecule has 0 aromatic rings. The molecule has 2 N–H and O–H groups in total. The fraction of sp³-hybridized carbons (Fsp3) is 0.882. The molecule has 3 saturated carbocycles. The summed E-state index contributed by atoms with van der Waals surface area (Å²) in [7, 11) is 0. The zero-order chi connectivity index (χ0) is 15.7. The molecule has 124 valence electrons. The van der Waals surface area contributed by atoms with Gasteiger partial charge in [0.15, 0.2) is 0 Å². The Hall–Kier alpha value is -1.10. The molecule has 0 bridgehead atoms. The molecule has 0 saturated heterocycles. The van der Waals surface area contributed by atoms with E-state index in [0.717, 1.165) is 45.1 Å². The number of hydrogen-bond acceptors (Lipinski definition) is 3. The summed E-state index contributed by atoms with van der Waals surface area (Å²) in [6, 6.07) is -0.232. The molecular weight excluding hydrogens is 280 g/mol. The van der Waals surface area contributed by atoms with E-state index in [-0.39, 0.29) is 29.2 Å². The summed E-state index contributed by atoms with van der Waals surface area (Å²) >= 11 is 0. The molecule has 0 aromatic carbocycles. The molecule has 3 aliphatic carbocycles. The minimum Gasteiger partial charge on any atom is -0.378 e. The molecule has 0 aromatic heterocycles. The third-order valence-electron chi connectivity index (χ3n) is 5.98. The van der Waals surface area contributed by atoms with E-state index in [1.54, 1.807) is 6.92 Å². The highest BCUT2D eigenvalue weighted by atomic mass is 16.5. The molecule has 3 rings (SSSR count). The maximum atomic E-state index is 12.3. The van der Waals surface area contributed by atoms with E-state index < -0.39 is 6.04 Å². The number of nitrogens with one attached hydrogen (secondary N) is 2. The predicted molar refractivity (Wildman–Crippen MR) is 83.2 cm³/mol. The molecule has 3 unspecified atom stereocenters. The van der Waals surface area contributed by atoms with Crippen molar-refractivity contribution in [3.05, 3.63) is 0 Å². The van der Waals surface area contributed by atoms with Crippen molar-refractivity contribution in [1.82, 2.24) is 10.6 Å². The van der Waals surface area contributed by atoms with Gasteiger partial charge in [0.2, 0.25) is 11.8 Å². The third-order valence-corrected chi connectivity index (χ3v) is 5.98. The van der Waals surface area contributed by atoms with E-state index in [4.69, 9.17) is 4.74 Å². The first-order chi connectivity index (χ1) is 10.6. The molecule has 5 nitrogen and oxygen atoms in total. The first-order valence-electron chi connectivity index (χ1n) is 8.79. The SMILES string of the molecule is CCOC1CC(NC(=O)C(C)NC(=O)C2CCC2)C12CCC2. The van der Waals surface area contributed by atoms with Crippen LogP contribution in [0.2, 0.25) is 0 Å². The lowest BCUT2D eigenvalue weighted by molar-refractivity contribution is -0.176. The third kappa shape index (κ3) is 2.64. The van der Waals surface area contributed by atoms with Gasteiger partial charge in [-0.25, -0.2) is 0 Å². The second-order valence-electron chi connectivity index (χ2n) is 7.19. The van der Waals surface area contributed by atoms with Gasteiger partial charge in [-0.05, 0) is 46.0 Å². The van der Waals surface area contributed by atoms with E-state index >= 15 is 0 Å². The Morgan fingerprint density at radius 3 is 2.50 bits per heavy atom. The highest BCUT2D eigenvalue weighted by Crippen LogP contribution is 2.57. The summed E-state index contributed by atoms with van der Waals surface area (Å²) in [5, 5.41) is 6.00. The minimum absolute atomic E-state index is 0.0352. The van der Waals surface area contributed by atoms with Gasteiger partial charge in [0.1, 0.15) is 6.04 Å². The van der Waals surface area contributed by atoms with Gasteiger partial charge < -0.3 is 15.4 Å². The maximum Gasteiger partial charge on any atom is 0.242 e. The molecule has 3 fully saturated rings. The molecule has 0 radical (unpaired) electrons. The van der Waals surface area contributed by atoms with Gasteiger partial charge in [-0.2, -0.15) is 0 Å². The van der Waals surface area contributed by atoms with E-state index in [1.165, 1.54) is 6.42 Å². The second-order valence-corrected chi connectivity index (χ2v) is 7.19. The number of rotatable bonds is 6. The fourth-order valence-corrected chi connectivity index (χ4v) is 4.00. The van der Waals surface area contributed by atoms with Crippen LogP contribution in [0.5, 0.6) is 0 Å². The Kier molecular flexibility index (Phi) is 4.44. The number of amides is 2. The lowest BCUT2D eigenvalue weighted by atomic mass is 9.51.